The summed E-state index contributed by atoms with van der Waals surface area (Å²) < 4.78 is 27.6. The number of sulfonamides is 1. The molecule has 106 valence electrons. The Kier molecular flexibility index (Phi) is 4.80. The van der Waals surface area contributed by atoms with Gasteiger partial charge in [-0.3, -0.25) is 0 Å². The Balaban J connectivity index is 2.01. The molecule has 0 aliphatic carbocycles. The maximum Gasteiger partial charge on any atom is 0.216 e. The van der Waals surface area contributed by atoms with Gasteiger partial charge in [-0.1, -0.05) is 46.3 Å². The van der Waals surface area contributed by atoms with Crippen LogP contribution in [0.1, 0.15) is 11.1 Å². The summed E-state index contributed by atoms with van der Waals surface area (Å²) in [6.07, 6.45) is 0. The van der Waals surface area contributed by atoms with E-state index < -0.39 is 10.0 Å². The minimum Gasteiger partial charge on any atom is -0.398 e. The average molecular weight is 355 g/mol. The van der Waals surface area contributed by atoms with Crippen molar-refractivity contribution >= 4 is 31.6 Å². The number of nitrogens with two attached hydrogens (primary N) is 1. The van der Waals surface area contributed by atoms with E-state index in [1.54, 1.807) is 24.3 Å². The maximum absolute atomic E-state index is 12.0. The van der Waals surface area contributed by atoms with E-state index >= 15 is 0 Å². The molecule has 0 atom stereocenters. The SMILES string of the molecule is Nc1ccccc1CS(=O)(=O)NCc1ccc(Br)cc1. The molecule has 0 saturated heterocycles. The van der Waals surface area contributed by atoms with Crippen molar-refractivity contribution in [2.75, 3.05) is 5.73 Å². The van der Waals surface area contributed by atoms with Crippen molar-refractivity contribution in [3.8, 4) is 0 Å². The third-order valence-corrected chi connectivity index (χ3v) is 4.61. The van der Waals surface area contributed by atoms with Gasteiger partial charge in [0.1, 0.15) is 0 Å². The Morgan fingerprint density at radius 3 is 2.35 bits per heavy atom. The van der Waals surface area contributed by atoms with Gasteiger partial charge in [-0.15, -0.1) is 0 Å². The van der Waals surface area contributed by atoms with E-state index in [-0.39, 0.29) is 12.3 Å². The van der Waals surface area contributed by atoms with E-state index in [1.807, 2.05) is 24.3 Å². The molecule has 0 spiro atoms. The molecule has 0 aliphatic rings. The topological polar surface area (TPSA) is 72.2 Å². The number of anilines is 1. The lowest BCUT2D eigenvalue weighted by atomic mass is 10.2. The van der Waals surface area contributed by atoms with Gasteiger partial charge in [0.05, 0.1) is 5.75 Å². The molecule has 0 unspecified atom stereocenters. The van der Waals surface area contributed by atoms with E-state index in [0.717, 1.165) is 10.0 Å². The Morgan fingerprint density at radius 1 is 1.05 bits per heavy atom. The van der Waals surface area contributed by atoms with Gasteiger partial charge in [-0.05, 0) is 29.3 Å². The van der Waals surface area contributed by atoms with Crippen LogP contribution in [0.25, 0.3) is 0 Å². The molecule has 0 bridgehead atoms. The van der Waals surface area contributed by atoms with Crippen molar-refractivity contribution in [3.63, 3.8) is 0 Å². The summed E-state index contributed by atoms with van der Waals surface area (Å²) in [7, 11) is -3.41. The van der Waals surface area contributed by atoms with E-state index in [1.165, 1.54) is 0 Å². The van der Waals surface area contributed by atoms with Crippen LogP contribution in [0, 0.1) is 0 Å². The van der Waals surface area contributed by atoms with Crippen LogP contribution < -0.4 is 10.5 Å². The van der Waals surface area contributed by atoms with Crippen LogP contribution >= 0.6 is 15.9 Å². The third-order valence-electron chi connectivity index (χ3n) is 2.81. The van der Waals surface area contributed by atoms with E-state index in [9.17, 15) is 8.42 Å². The lowest BCUT2D eigenvalue weighted by molar-refractivity contribution is 0.580. The molecule has 0 heterocycles. The molecule has 6 heteroatoms. The highest BCUT2D eigenvalue weighted by molar-refractivity contribution is 9.10. The lowest BCUT2D eigenvalue weighted by Crippen LogP contribution is -2.25. The van der Waals surface area contributed by atoms with Gasteiger partial charge in [0.15, 0.2) is 0 Å². The molecule has 4 nitrogen and oxygen atoms in total. The number of hydrogen-bond donors (Lipinski definition) is 2. The van der Waals surface area contributed by atoms with E-state index in [4.69, 9.17) is 5.73 Å². The van der Waals surface area contributed by atoms with E-state index in [0.29, 0.717) is 11.3 Å². The second-order valence-electron chi connectivity index (χ2n) is 4.41. The number of nitrogens with one attached hydrogen (secondary N) is 1. The number of rotatable bonds is 5. The first kappa shape index (κ1) is 15.0. The molecule has 3 N–H and O–H groups in total. The number of para-hydroxylation sites is 1. The van der Waals surface area contributed by atoms with Gasteiger partial charge in [0, 0.05) is 16.7 Å². The first-order valence-electron chi connectivity index (χ1n) is 6.01. The van der Waals surface area contributed by atoms with E-state index in [2.05, 4.69) is 20.7 Å². The van der Waals surface area contributed by atoms with Gasteiger partial charge in [0.2, 0.25) is 10.0 Å². The van der Waals surface area contributed by atoms with Crippen LogP contribution in [0.2, 0.25) is 0 Å². The predicted octanol–water partition coefficient (Wildman–Crippen LogP) is 2.65. The number of nitrogen functional groups attached to an aromatic ring is 1. The minimum absolute atomic E-state index is 0.115. The third kappa shape index (κ3) is 4.33. The Bertz CT molecular complexity index is 685. The predicted molar refractivity (Wildman–Crippen MR) is 84.5 cm³/mol. The fourth-order valence-electron chi connectivity index (χ4n) is 1.72. The minimum atomic E-state index is -3.41. The molecule has 2 aromatic carbocycles. The first-order valence-corrected chi connectivity index (χ1v) is 8.46. The number of benzene rings is 2. The number of hydrogen-bond acceptors (Lipinski definition) is 3. The monoisotopic (exact) mass is 354 g/mol. The maximum atomic E-state index is 12.0. The van der Waals surface area contributed by atoms with Crippen molar-refractivity contribution in [1.82, 2.24) is 4.72 Å². The quantitative estimate of drug-likeness (QED) is 0.810. The summed E-state index contributed by atoms with van der Waals surface area (Å²) in [5.74, 6) is -0.115. The Hall–Kier alpha value is -1.37. The summed E-state index contributed by atoms with van der Waals surface area (Å²) in [6, 6.07) is 14.4. The molecule has 20 heavy (non-hydrogen) atoms. The zero-order valence-corrected chi connectivity index (χ0v) is 13.1. The summed E-state index contributed by atoms with van der Waals surface area (Å²) in [6.45, 7) is 0.266. The highest BCUT2D eigenvalue weighted by Crippen LogP contribution is 2.14. The average Bonchev–Trinajstić information content (AvgIpc) is 2.41. The fraction of sp³-hybridized carbons (Fsp3) is 0.143. The van der Waals surface area contributed by atoms with Gasteiger partial charge < -0.3 is 5.73 Å². The highest BCUT2D eigenvalue weighted by atomic mass is 79.9. The second-order valence-corrected chi connectivity index (χ2v) is 7.13. The van der Waals surface area contributed by atoms with Crippen molar-refractivity contribution < 1.29 is 8.42 Å². The normalized spacial score (nSPS) is 11.4. The van der Waals surface area contributed by atoms with Crippen LogP contribution in [0.3, 0.4) is 0 Å². The zero-order valence-electron chi connectivity index (χ0n) is 10.7. The molecule has 0 aromatic heterocycles. The van der Waals surface area contributed by atoms with Gasteiger partial charge in [0.25, 0.3) is 0 Å². The molecule has 0 radical (unpaired) electrons. The summed E-state index contributed by atoms with van der Waals surface area (Å²) in [5.41, 5.74) is 7.75. The van der Waals surface area contributed by atoms with Gasteiger partial charge in [-0.2, -0.15) is 0 Å². The molecular formula is C14H15BrN2O2S. The lowest BCUT2D eigenvalue weighted by Gasteiger charge is -2.08. The Labute approximate surface area is 127 Å². The molecule has 0 amide bonds. The largest absolute Gasteiger partial charge is 0.398 e. The molecule has 0 saturated carbocycles. The molecule has 0 aliphatic heterocycles. The zero-order chi connectivity index (χ0) is 14.6. The van der Waals surface area contributed by atoms with Crippen LogP contribution in [0.5, 0.6) is 0 Å². The van der Waals surface area contributed by atoms with Crippen molar-refractivity contribution in [2.45, 2.75) is 12.3 Å². The van der Waals surface area contributed by atoms with Crippen molar-refractivity contribution in [1.29, 1.82) is 0 Å². The molecular weight excluding hydrogens is 340 g/mol. The standard InChI is InChI=1S/C14H15BrN2O2S/c15-13-7-5-11(6-8-13)9-17-20(18,19)10-12-3-1-2-4-14(12)16/h1-8,17H,9-10,16H2. The molecule has 2 rings (SSSR count). The first-order chi connectivity index (χ1) is 9.46. The van der Waals surface area contributed by atoms with Crippen LogP contribution in [-0.2, 0) is 22.3 Å². The molecule has 0 fully saturated rings. The number of halogens is 1. The Morgan fingerprint density at radius 2 is 1.70 bits per heavy atom. The van der Waals surface area contributed by atoms with Crippen molar-refractivity contribution in [3.05, 3.63) is 64.1 Å². The van der Waals surface area contributed by atoms with Crippen LogP contribution in [-0.4, -0.2) is 8.42 Å². The summed E-state index contributed by atoms with van der Waals surface area (Å²) in [5, 5.41) is 0. The molecule has 2 aromatic rings. The smallest absolute Gasteiger partial charge is 0.216 e. The van der Waals surface area contributed by atoms with Crippen LogP contribution in [0.4, 0.5) is 5.69 Å². The second kappa shape index (κ2) is 6.39. The summed E-state index contributed by atoms with van der Waals surface area (Å²) >= 11 is 3.34. The van der Waals surface area contributed by atoms with Gasteiger partial charge in [-0.25, -0.2) is 13.1 Å². The summed E-state index contributed by atoms with van der Waals surface area (Å²) in [4.78, 5) is 0. The highest BCUT2D eigenvalue weighted by Gasteiger charge is 2.12. The van der Waals surface area contributed by atoms with Gasteiger partial charge >= 0.3 is 0 Å². The fourth-order valence-corrected chi connectivity index (χ4v) is 3.14. The van der Waals surface area contributed by atoms with Crippen LogP contribution in [0.15, 0.2) is 53.0 Å². The van der Waals surface area contributed by atoms with Crippen molar-refractivity contribution in [2.24, 2.45) is 0 Å².